The van der Waals surface area contributed by atoms with Crippen molar-refractivity contribution in [3.63, 3.8) is 0 Å². The van der Waals surface area contributed by atoms with Crippen LogP contribution in [-0.4, -0.2) is 42.9 Å². The molecule has 196 valence electrons. The van der Waals surface area contributed by atoms with Crippen molar-refractivity contribution in [2.75, 3.05) is 18.1 Å². The molecule has 0 unspecified atom stereocenters. The Bertz CT molecular complexity index is 1580. The van der Waals surface area contributed by atoms with Gasteiger partial charge in [0.25, 0.3) is 5.91 Å². The molecule has 3 aromatic carbocycles. The Labute approximate surface area is 232 Å². The van der Waals surface area contributed by atoms with E-state index < -0.39 is 21.7 Å². The molecule has 4 aromatic rings. The summed E-state index contributed by atoms with van der Waals surface area (Å²) in [7, 11) is -3.64. The number of sulfonamides is 1. The number of aromatic nitrogens is 1. The molecule has 2 heterocycles. The maximum absolute atomic E-state index is 13.8. The summed E-state index contributed by atoms with van der Waals surface area (Å²) in [5.41, 5.74) is 1.55. The predicted molar refractivity (Wildman–Crippen MR) is 152 cm³/mol. The van der Waals surface area contributed by atoms with E-state index in [2.05, 4.69) is 26.0 Å². The summed E-state index contributed by atoms with van der Waals surface area (Å²) in [6.45, 7) is 1.000. The molecule has 0 spiro atoms. The zero-order valence-electron chi connectivity index (χ0n) is 20.3. The monoisotopic (exact) mass is 614 g/mol. The van der Waals surface area contributed by atoms with Gasteiger partial charge in [-0.1, -0.05) is 52.2 Å². The van der Waals surface area contributed by atoms with Crippen LogP contribution in [0.15, 0.2) is 81.2 Å². The number of carbonyl (C=O) groups excluding carboxylic acids is 1. The van der Waals surface area contributed by atoms with E-state index in [0.717, 1.165) is 52.1 Å². The first-order valence-corrected chi connectivity index (χ1v) is 15.2. The number of fused-ring (bicyclic) bond motifs is 1. The van der Waals surface area contributed by atoms with Gasteiger partial charge in [0.05, 0.1) is 21.3 Å². The molecular weight excluding hydrogens is 591 g/mol. The Kier molecular flexibility index (Phi) is 7.98. The largest absolute Gasteiger partial charge is 0.280 e. The van der Waals surface area contributed by atoms with Gasteiger partial charge in [-0.25, -0.2) is 17.8 Å². The first-order valence-electron chi connectivity index (χ1n) is 12.1. The first kappa shape index (κ1) is 26.6. The maximum Gasteiger partial charge on any atom is 0.280 e. The highest BCUT2D eigenvalue weighted by Gasteiger charge is 2.26. The van der Waals surface area contributed by atoms with Crippen LogP contribution < -0.4 is 5.01 Å². The second-order valence-electron chi connectivity index (χ2n) is 8.86. The molecular formula is C27H24BrFN4O3S2. The number of amides is 1. The van der Waals surface area contributed by atoms with Gasteiger partial charge in [-0.05, 0) is 73.0 Å². The van der Waals surface area contributed by atoms with Crippen molar-refractivity contribution in [2.24, 2.45) is 5.10 Å². The fourth-order valence-corrected chi connectivity index (χ4v) is 6.89. The topological polar surface area (TPSA) is 82.9 Å². The average molecular weight is 616 g/mol. The lowest BCUT2D eigenvalue weighted by atomic mass is 10.2. The van der Waals surface area contributed by atoms with Crippen molar-refractivity contribution in [3.05, 3.63) is 88.1 Å². The molecule has 1 amide bonds. The minimum atomic E-state index is -3.64. The van der Waals surface area contributed by atoms with Crippen LogP contribution in [0.4, 0.5) is 9.52 Å². The second-order valence-corrected chi connectivity index (χ2v) is 12.7. The van der Waals surface area contributed by atoms with E-state index in [1.807, 2.05) is 24.3 Å². The molecule has 38 heavy (non-hydrogen) atoms. The van der Waals surface area contributed by atoms with Crippen LogP contribution >= 0.6 is 27.3 Å². The Morgan fingerprint density at radius 1 is 1.00 bits per heavy atom. The number of benzene rings is 3. The SMILES string of the molecule is O=C(c1ccc(S(=O)(=O)N2CCCCCC2)cc1)N(/N=C/c1ccc(Br)cc1)c1nc2ccc(F)cc2s1. The molecule has 0 atom stereocenters. The van der Waals surface area contributed by atoms with E-state index >= 15 is 0 Å². The van der Waals surface area contributed by atoms with E-state index in [-0.39, 0.29) is 15.6 Å². The Balaban J connectivity index is 1.46. The molecule has 7 nitrogen and oxygen atoms in total. The van der Waals surface area contributed by atoms with Crippen molar-refractivity contribution in [1.29, 1.82) is 0 Å². The van der Waals surface area contributed by atoms with Crippen molar-refractivity contribution >= 4 is 64.8 Å². The minimum Gasteiger partial charge on any atom is -0.267 e. The number of hydrogen-bond donors (Lipinski definition) is 0. The van der Waals surface area contributed by atoms with Gasteiger partial charge in [-0.15, -0.1) is 0 Å². The Morgan fingerprint density at radius 3 is 2.37 bits per heavy atom. The highest BCUT2D eigenvalue weighted by molar-refractivity contribution is 9.10. The van der Waals surface area contributed by atoms with Crippen LogP contribution in [0.5, 0.6) is 0 Å². The van der Waals surface area contributed by atoms with Crippen LogP contribution in [0, 0.1) is 5.82 Å². The molecule has 0 radical (unpaired) electrons. The van der Waals surface area contributed by atoms with Crippen molar-refractivity contribution in [2.45, 2.75) is 30.6 Å². The molecule has 1 aliphatic rings. The van der Waals surface area contributed by atoms with E-state index in [1.54, 1.807) is 6.07 Å². The van der Waals surface area contributed by atoms with Gasteiger partial charge in [-0.2, -0.15) is 14.4 Å². The fraction of sp³-hybridized carbons (Fsp3) is 0.222. The molecule has 1 fully saturated rings. The van der Waals surface area contributed by atoms with Crippen molar-refractivity contribution in [1.82, 2.24) is 9.29 Å². The Morgan fingerprint density at radius 2 is 1.68 bits per heavy atom. The molecule has 0 saturated carbocycles. The highest BCUT2D eigenvalue weighted by atomic mass is 79.9. The van der Waals surface area contributed by atoms with Crippen LogP contribution in [0.2, 0.25) is 0 Å². The summed E-state index contributed by atoms with van der Waals surface area (Å²) < 4.78 is 43.1. The summed E-state index contributed by atoms with van der Waals surface area (Å²) in [4.78, 5) is 18.2. The number of thiazole rings is 1. The van der Waals surface area contributed by atoms with Gasteiger partial charge >= 0.3 is 0 Å². The van der Waals surface area contributed by atoms with Crippen molar-refractivity contribution in [3.8, 4) is 0 Å². The number of hydrogen-bond acceptors (Lipinski definition) is 6. The lowest BCUT2D eigenvalue weighted by Crippen LogP contribution is -2.32. The van der Waals surface area contributed by atoms with Crippen molar-refractivity contribution < 1.29 is 17.6 Å². The minimum absolute atomic E-state index is 0.149. The zero-order chi connectivity index (χ0) is 26.7. The number of nitrogens with zero attached hydrogens (tertiary/aromatic N) is 4. The van der Waals surface area contributed by atoms with Gasteiger partial charge in [0.2, 0.25) is 15.2 Å². The number of anilines is 1. The summed E-state index contributed by atoms with van der Waals surface area (Å²) in [6, 6.07) is 17.5. The van der Waals surface area contributed by atoms with E-state index in [9.17, 15) is 17.6 Å². The molecule has 1 aliphatic heterocycles. The van der Waals surface area contributed by atoms with Gasteiger partial charge in [-0.3, -0.25) is 4.79 Å². The lowest BCUT2D eigenvalue weighted by Gasteiger charge is -2.20. The summed E-state index contributed by atoms with van der Waals surface area (Å²) >= 11 is 4.53. The van der Waals surface area contributed by atoms with Crippen LogP contribution in [0.25, 0.3) is 10.2 Å². The van der Waals surface area contributed by atoms with Crippen LogP contribution in [0.3, 0.4) is 0 Å². The van der Waals surface area contributed by atoms with Crippen LogP contribution in [-0.2, 0) is 10.0 Å². The molecule has 1 aromatic heterocycles. The van der Waals surface area contributed by atoms with Gasteiger partial charge < -0.3 is 0 Å². The average Bonchev–Trinajstić information content (AvgIpc) is 3.12. The quantitative estimate of drug-likeness (QED) is 0.185. The third-order valence-electron chi connectivity index (χ3n) is 6.21. The zero-order valence-corrected chi connectivity index (χ0v) is 23.5. The number of halogens is 2. The van der Waals surface area contributed by atoms with E-state index in [4.69, 9.17) is 0 Å². The first-order chi connectivity index (χ1) is 18.3. The molecule has 11 heteroatoms. The molecule has 1 saturated heterocycles. The second kappa shape index (κ2) is 11.4. The summed E-state index contributed by atoms with van der Waals surface area (Å²) in [6.07, 6.45) is 5.26. The highest BCUT2D eigenvalue weighted by Crippen LogP contribution is 2.31. The predicted octanol–water partition coefficient (Wildman–Crippen LogP) is 6.44. The number of rotatable bonds is 6. The third kappa shape index (κ3) is 5.85. The summed E-state index contributed by atoms with van der Waals surface area (Å²) in [5, 5.41) is 5.84. The third-order valence-corrected chi connectivity index (χ3v) is 9.64. The molecule has 0 bridgehead atoms. The van der Waals surface area contributed by atoms with Crippen LogP contribution in [0.1, 0.15) is 41.6 Å². The maximum atomic E-state index is 13.8. The van der Waals surface area contributed by atoms with Gasteiger partial charge in [0, 0.05) is 23.1 Å². The molecule has 5 rings (SSSR count). The molecule has 0 N–H and O–H groups in total. The smallest absolute Gasteiger partial charge is 0.267 e. The van der Waals surface area contributed by atoms with Gasteiger partial charge in [0.15, 0.2) is 0 Å². The van der Waals surface area contributed by atoms with E-state index in [1.165, 1.54) is 46.9 Å². The molecule has 0 aliphatic carbocycles. The van der Waals surface area contributed by atoms with Gasteiger partial charge in [0.1, 0.15) is 5.82 Å². The normalized spacial score (nSPS) is 15.1. The fourth-order valence-electron chi connectivity index (χ4n) is 4.16. The summed E-state index contributed by atoms with van der Waals surface area (Å²) in [5.74, 6) is -0.887. The number of carbonyl (C=O) groups is 1. The number of hydrazone groups is 1. The Hall–Kier alpha value is -2.99. The van der Waals surface area contributed by atoms with E-state index in [0.29, 0.717) is 23.3 Å². The standard InChI is InChI=1S/C27H24BrFN4O3S2/c28-21-9-5-19(6-10-21)18-30-33(27-31-24-14-11-22(29)17-25(24)37-27)26(34)20-7-12-23(13-8-20)38(35,36)32-15-3-1-2-4-16-32/h5-14,17-18H,1-4,15-16H2/b30-18+. The lowest BCUT2D eigenvalue weighted by molar-refractivity contribution is 0.0987.